The Morgan fingerprint density at radius 2 is 1.92 bits per heavy atom. The van der Waals surface area contributed by atoms with Gasteiger partial charge in [0, 0.05) is 17.9 Å². The van der Waals surface area contributed by atoms with Gasteiger partial charge >= 0.3 is 0 Å². The van der Waals surface area contributed by atoms with Crippen molar-refractivity contribution in [1.82, 2.24) is 15.2 Å². The fourth-order valence-corrected chi connectivity index (χ4v) is 5.66. The Bertz CT molecular complexity index is 1350. The van der Waals surface area contributed by atoms with Gasteiger partial charge in [0.05, 0.1) is 11.1 Å². The zero-order valence-electron chi connectivity index (χ0n) is 22.1. The second-order valence-electron chi connectivity index (χ2n) is 9.43. The summed E-state index contributed by atoms with van der Waals surface area (Å²) in [5.74, 6) is -0.740. The molecule has 1 saturated carbocycles. The molecule has 1 aliphatic rings. The van der Waals surface area contributed by atoms with Crippen LogP contribution in [0.5, 0.6) is 0 Å². The van der Waals surface area contributed by atoms with Crippen LogP contribution in [0.2, 0.25) is 5.02 Å². The number of aliphatic imine (C=N–C) groups is 2. The Hall–Kier alpha value is -3.08. The molecule has 11 heteroatoms. The predicted octanol–water partition coefficient (Wildman–Crippen LogP) is 5.42. The van der Waals surface area contributed by atoms with Gasteiger partial charge in [-0.05, 0) is 89.7 Å². The zero-order chi connectivity index (χ0) is 27.9. The summed E-state index contributed by atoms with van der Waals surface area (Å²) >= 11 is 5.99. The van der Waals surface area contributed by atoms with E-state index in [0.717, 1.165) is 31.3 Å². The van der Waals surface area contributed by atoms with E-state index in [0.29, 0.717) is 23.3 Å². The highest BCUT2D eigenvalue weighted by Gasteiger charge is 2.22. The van der Waals surface area contributed by atoms with Crippen LogP contribution in [0.3, 0.4) is 0 Å². The highest BCUT2D eigenvalue weighted by Crippen LogP contribution is 2.26. The molecular formula is C27H34ClFN6O2S. The summed E-state index contributed by atoms with van der Waals surface area (Å²) in [4.78, 5) is 14.9. The largest absolute Gasteiger partial charge is 0.331 e. The van der Waals surface area contributed by atoms with E-state index in [1.54, 1.807) is 31.3 Å². The van der Waals surface area contributed by atoms with E-state index in [-0.39, 0.29) is 16.0 Å². The number of sulfonamides is 1. The zero-order valence-corrected chi connectivity index (χ0v) is 23.7. The van der Waals surface area contributed by atoms with E-state index in [9.17, 15) is 12.8 Å². The molecule has 0 amide bonds. The van der Waals surface area contributed by atoms with Crippen molar-refractivity contribution >= 4 is 46.2 Å². The monoisotopic (exact) mass is 560 g/mol. The smallest absolute Gasteiger partial charge is 0.264 e. The molecule has 1 aromatic heterocycles. The number of nitrogens with zero attached hydrogens (tertiary/aromatic N) is 4. The molecule has 0 aliphatic heterocycles. The van der Waals surface area contributed by atoms with Gasteiger partial charge in [-0.15, -0.1) is 0 Å². The molecule has 1 aliphatic carbocycles. The number of pyridine rings is 1. The van der Waals surface area contributed by atoms with E-state index in [1.165, 1.54) is 24.3 Å². The number of benzene rings is 1. The molecule has 0 saturated heterocycles. The third kappa shape index (κ3) is 7.96. The minimum atomic E-state index is -4.10. The number of hydrogen-bond acceptors (Lipinski definition) is 5. The van der Waals surface area contributed by atoms with Crippen molar-refractivity contribution in [3.05, 3.63) is 70.3 Å². The maximum atomic E-state index is 14.8. The standard InChI is InChI=1S/C27H34ClFN6O2S/c1-18(17-31-27(30-3)33-21-12-14-22(15-13-21)35(4)5)10-11-20-16-24(29)26(32-19(20)2)34-38(36,37)25-9-7-6-8-23(25)28/h6-11,16-17,21-22H,3,12-15H2,1-2,4-5H3,(H,31,33)(H,32,34)/b11-10+,18-17+. The summed E-state index contributed by atoms with van der Waals surface area (Å²) in [7, 11) is 0.113. The van der Waals surface area contributed by atoms with Crippen LogP contribution in [0.25, 0.3) is 6.08 Å². The normalized spacial score (nSPS) is 19.1. The molecule has 1 fully saturated rings. The third-order valence-electron chi connectivity index (χ3n) is 6.37. The molecule has 8 nitrogen and oxygen atoms in total. The Morgan fingerprint density at radius 1 is 1.24 bits per heavy atom. The van der Waals surface area contributed by atoms with Gasteiger partial charge < -0.3 is 10.2 Å². The first-order valence-electron chi connectivity index (χ1n) is 12.3. The average Bonchev–Trinajstić information content (AvgIpc) is 2.87. The van der Waals surface area contributed by atoms with E-state index >= 15 is 0 Å². The van der Waals surface area contributed by atoms with Gasteiger partial charge in [0.1, 0.15) is 4.90 Å². The topological polar surface area (TPSA) is 99.0 Å². The summed E-state index contributed by atoms with van der Waals surface area (Å²) in [5, 5.41) is 3.12. The molecule has 0 radical (unpaired) electrons. The number of allylic oxidation sites excluding steroid dienone is 2. The van der Waals surface area contributed by atoms with Crippen LogP contribution in [-0.2, 0) is 10.0 Å². The van der Waals surface area contributed by atoms with Crippen LogP contribution in [0, 0.1) is 12.7 Å². The second-order valence-corrected chi connectivity index (χ2v) is 11.5. The maximum Gasteiger partial charge on any atom is 0.264 e. The SMILES string of the molecule is C=NC(=NC1CCC(N(C)C)CC1)N/C=C(C)/C=C/c1cc(F)c(NS(=O)(=O)c2ccccc2Cl)nc1C. The molecule has 3 rings (SSSR count). The van der Waals surface area contributed by atoms with E-state index in [1.807, 2.05) is 6.92 Å². The highest BCUT2D eigenvalue weighted by molar-refractivity contribution is 7.92. The summed E-state index contributed by atoms with van der Waals surface area (Å²) < 4.78 is 42.3. The van der Waals surface area contributed by atoms with Crippen LogP contribution < -0.4 is 10.0 Å². The lowest BCUT2D eigenvalue weighted by molar-refractivity contribution is 0.217. The number of anilines is 1. The summed E-state index contributed by atoms with van der Waals surface area (Å²) in [6.07, 6.45) is 9.46. The first-order valence-corrected chi connectivity index (χ1v) is 14.1. The molecule has 204 valence electrons. The van der Waals surface area contributed by atoms with E-state index < -0.39 is 21.7 Å². The quantitative estimate of drug-likeness (QED) is 0.255. The Morgan fingerprint density at radius 3 is 2.55 bits per heavy atom. The van der Waals surface area contributed by atoms with Crippen LogP contribution in [0.1, 0.15) is 43.9 Å². The molecular weight excluding hydrogens is 527 g/mol. The van der Waals surface area contributed by atoms with Gasteiger partial charge in [0.15, 0.2) is 11.6 Å². The van der Waals surface area contributed by atoms with Gasteiger partial charge in [0.2, 0.25) is 5.96 Å². The molecule has 0 bridgehead atoms. The summed E-state index contributed by atoms with van der Waals surface area (Å²) in [6, 6.07) is 7.96. The Kier molecular flexibility index (Phi) is 10.2. The number of halogens is 2. The van der Waals surface area contributed by atoms with Crippen LogP contribution in [-0.4, -0.2) is 57.2 Å². The molecule has 2 aromatic rings. The fraction of sp³-hybridized carbons (Fsp3) is 0.370. The molecule has 2 N–H and O–H groups in total. The predicted molar refractivity (Wildman–Crippen MR) is 154 cm³/mol. The fourth-order valence-electron chi connectivity index (χ4n) is 4.13. The Labute approximate surface area is 229 Å². The van der Waals surface area contributed by atoms with E-state index in [4.69, 9.17) is 16.6 Å². The molecule has 0 unspecified atom stereocenters. The number of hydrogen-bond donors (Lipinski definition) is 2. The van der Waals surface area contributed by atoms with Gasteiger partial charge in [-0.3, -0.25) is 4.72 Å². The summed E-state index contributed by atoms with van der Waals surface area (Å²) in [6.45, 7) is 7.16. The van der Waals surface area contributed by atoms with Crippen molar-refractivity contribution in [2.75, 3.05) is 18.8 Å². The number of aryl methyl sites for hydroxylation is 1. The number of nitrogens with one attached hydrogen (secondary N) is 2. The molecule has 0 atom stereocenters. The van der Waals surface area contributed by atoms with Crippen molar-refractivity contribution in [3.63, 3.8) is 0 Å². The van der Waals surface area contributed by atoms with E-state index in [2.05, 4.69) is 45.7 Å². The van der Waals surface area contributed by atoms with Crippen molar-refractivity contribution in [3.8, 4) is 0 Å². The second kappa shape index (κ2) is 13.1. The van der Waals surface area contributed by atoms with Crippen molar-refractivity contribution in [2.45, 2.75) is 56.5 Å². The summed E-state index contributed by atoms with van der Waals surface area (Å²) in [5.41, 5.74) is 1.79. The van der Waals surface area contributed by atoms with Gasteiger partial charge in [-0.25, -0.2) is 27.8 Å². The molecule has 0 spiro atoms. The lowest BCUT2D eigenvalue weighted by Crippen LogP contribution is -2.33. The lowest BCUT2D eigenvalue weighted by atomic mass is 9.91. The minimum Gasteiger partial charge on any atom is -0.331 e. The van der Waals surface area contributed by atoms with Crippen molar-refractivity contribution < 1.29 is 12.8 Å². The minimum absolute atomic E-state index is 0.0316. The van der Waals surface area contributed by atoms with Crippen LogP contribution in [0.15, 0.2) is 63.1 Å². The van der Waals surface area contributed by atoms with Crippen LogP contribution >= 0.6 is 11.6 Å². The van der Waals surface area contributed by atoms with Crippen molar-refractivity contribution in [2.24, 2.45) is 9.98 Å². The van der Waals surface area contributed by atoms with Crippen LogP contribution in [0.4, 0.5) is 10.2 Å². The van der Waals surface area contributed by atoms with Gasteiger partial charge in [-0.2, -0.15) is 0 Å². The third-order valence-corrected chi connectivity index (χ3v) is 8.21. The maximum absolute atomic E-state index is 14.8. The molecule has 1 aromatic carbocycles. The molecule has 38 heavy (non-hydrogen) atoms. The number of guanidine groups is 1. The first kappa shape index (κ1) is 29.5. The molecule has 1 heterocycles. The van der Waals surface area contributed by atoms with Gasteiger partial charge in [-0.1, -0.05) is 35.9 Å². The van der Waals surface area contributed by atoms with Crippen molar-refractivity contribution in [1.29, 1.82) is 0 Å². The average molecular weight is 561 g/mol. The Balaban J connectivity index is 1.66. The van der Waals surface area contributed by atoms with Gasteiger partial charge in [0.25, 0.3) is 10.0 Å². The number of aromatic nitrogens is 1. The highest BCUT2D eigenvalue weighted by atomic mass is 35.5. The lowest BCUT2D eigenvalue weighted by Gasteiger charge is -2.31. The number of rotatable bonds is 8. The first-order chi connectivity index (χ1) is 18.0.